The molecule has 0 saturated carbocycles. The highest BCUT2D eigenvalue weighted by Gasteiger charge is 2.19. The lowest BCUT2D eigenvalue weighted by atomic mass is 10.1. The summed E-state index contributed by atoms with van der Waals surface area (Å²) in [6.07, 6.45) is 0. The Kier molecular flexibility index (Phi) is 3.98. The van der Waals surface area contributed by atoms with Crippen LogP contribution in [0, 0.1) is 17.5 Å². The van der Waals surface area contributed by atoms with Crippen LogP contribution in [0.25, 0.3) is 11.4 Å². The van der Waals surface area contributed by atoms with Crippen molar-refractivity contribution in [3.05, 3.63) is 59.4 Å². The number of benzene rings is 2. The summed E-state index contributed by atoms with van der Waals surface area (Å²) in [5, 5.41) is 13.5. The molecule has 0 radical (unpaired) electrons. The molecular formula is C15H10F3N5O. The lowest BCUT2D eigenvalue weighted by Crippen LogP contribution is -2.15. The van der Waals surface area contributed by atoms with Gasteiger partial charge >= 0.3 is 0 Å². The van der Waals surface area contributed by atoms with E-state index < -0.39 is 28.9 Å². The number of hydrogen-bond donors (Lipinski definition) is 1. The molecule has 122 valence electrons. The van der Waals surface area contributed by atoms with Gasteiger partial charge in [-0.2, -0.15) is 0 Å². The van der Waals surface area contributed by atoms with E-state index in [4.69, 9.17) is 0 Å². The fourth-order valence-electron chi connectivity index (χ4n) is 2.08. The molecule has 0 atom stereocenters. The van der Waals surface area contributed by atoms with Gasteiger partial charge in [0.1, 0.15) is 0 Å². The summed E-state index contributed by atoms with van der Waals surface area (Å²) in [6.45, 7) is 0. The third-order valence-electron chi connectivity index (χ3n) is 3.30. The molecule has 0 saturated heterocycles. The molecule has 9 heteroatoms. The topological polar surface area (TPSA) is 72.7 Å². The predicted octanol–water partition coefficient (Wildman–Crippen LogP) is 2.55. The molecule has 0 aliphatic rings. The molecule has 6 nitrogen and oxygen atoms in total. The maximum atomic E-state index is 13.6. The SMILES string of the molecule is Cn1nnnc1-c1ccc(NC(=O)c2ccc(F)c(F)c2F)cc1. The van der Waals surface area contributed by atoms with Gasteiger partial charge in [0.25, 0.3) is 5.91 Å². The number of aromatic nitrogens is 4. The van der Waals surface area contributed by atoms with Crippen LogP contribution in [0.4, 0.5) is 18.9 Å². The average Bonchev–Trinajstić information content (AvgIpc) is 2.99. The van der Waals surface area contributed by atoms with Crippen molar-refractivity contribution in [2.24, 2.45) is 7.05 Å². The highest BCUT2D eigenvalue weighted by Crippen LogP contribution is 2.20. The van der Waals surface area contributed by atoms with Gasteiger partial charge in [-0.25, -0.2) is 17.9 Å². The number of anilines is 1. The van der Waals surface area contributed by atoms with E-state index in [1.54, 1.807) is 31.3 Å². The molecule has 3 aromatic rings. The van der Waals surface area contributed by atoms with Crippen molar-refractivity contribution in [1.82, 2.24) is 20.2 Å². The van der Waals surface area contributed by atoms with Crippen LogP contribution in [0.5, 0.6) is 0 Å². The molecule has 24 heavy (non-hydrogen) atoms. The predicted molar refractivity (Wildman–Crippen MR) is 78.5 cm³/mol. The highest BCUT2D eigenvalue weighted by molar-refractivity contribution is 6.04. The number of hydrogen-bond acceptors (Lipinski definition) is 4. The van der Waals surface area contributed by atoms with Gasteiger partial charge in [-0.05, 0) is 46.8 Å². The minimum absolute atomic E-state index is 0.350. The first-order chi connectivity index (χ1) is 11.5. The van der Waals surface area contributed by atoms with Gasteiger partial charge in [-0.15, -0.1) is 5.10 Å². The average molecular weight is 333 g/mol. The first-order valence-corrected chi connectivity index (χ1v) is 6.75. The maximum absolute atomic E-state index is 13.6. The monoisotopic (exact) mass is 333 g/mol. The second-order valence-electron chi connectivity index (χ2n) is 4.88. The normalized spacial score (nSPS) is 10.7. The number of halogens is 3. The zero-order valence-electron chi connectivity index (χ0n) is 12.3. The summed E-state index contributed by atoms with van der Waals surface area (Å²) in [7, 11) is 1.68. The molecule has 0 fully saturated rings. The fraction of sp³-hybridized carbons (Fsp3) is 0.0667. The molecule has 0 aliphatic heterocycles. The van der Waals surface area contributed by atoms with Crippen molar-refractivity contribution >= 4 is 11.6 Å². The molecule has 3 rings (SSSR count). The summed E-state index contributed by atoms with van der Waals surface area (Å²) in [6, 6.07) is 7.99. The van der Waals surface area contributed by atoms with Crippen molar-refractivity contribution in [2.75, 3.05) is 5.32 Å². The van der Waals surface area contributed by atoms with Crippen LogP contribution in [-0.2, 0) is 7.05 Å². The summed E-state index contributed by atoms with van der Waals surface area (Å²) in [5.41, 5.74) is 0.470. The van der Waals surface area contributed by atoms with Crippen LogP contribution in [0.3, 0.4) is 0 Å². The number of aryl methyl sites for hydroxylation is 1. The van der Waals surface area contributed by atoms with Gasteiger partial charge in [-0.1, -0.05) is 0 Å². The van der Waals surface area contributed by atoms with Crippen LogP contribution in [0.1, 0.15) is 10.4 Å². The van der Waals surface area contributed by atoms with Gasteiger partial charge in [0.05, 0.1) is 5.56 Å². The zero-order valence-corrected chi connectivity index (χ0v) is 12.3. The summed E-state index contributed by atoms with van der Waals surface area (Å²) >= 11 is 0. The quantitative estimate of drug-likeness (QED) is 0.748. The molecule has 0 spiro atoms. The Morgan fingerprint density at radius 1 is 1.04 bits per heavy atom. The van der Waals surface area contributed by atoms with E-state index in [1.165, 1.54) is 4.68 Å². The van der Waals surface area contributed by atoms with Crippen molar-refractivity contribution in [1.29, 1.82) is 0 Å². The number of nitrogens with one attached hydrogen (secondary N) is 1. The molecule has 1 heterocycles. The van der Waals surface area contributed by atoms with Gasteiger partial charge in [0, 0.05) is 18.3 Å². The minimum atomic E-state index is -1.69. The molecule has 1 amide bonds. The van der Waals surface area contributed by atoms with Gasteiger partial charge in [-0.3, -0.25) is 4.79 Å². The van der Waals surface area contributed by atoms with E-state index in [0.29, 0.717) is 23.1 Å². The number of carbonyl (C=O) groups excluding carboxylic acids is 1. The third-order valence-corrected chi connectivity index (χ3v) is 3.30. The Morgan fingerprint density at radius 2 is 1.75 bits per heavy atom. The zero-order chi connectivity index (χ0) is 17.3. The molecular weight excluding hydrogens is 323 g/mol. The Balaban J connectivity index is 1.80. The number of rotatable bonds is 3. The number of nitrogens with zero attached hydrogens (tertiary/aromatic N) is 4. The molecule has 1 aromatic heterocycles. The Hall–Kier alpha value is -3.23. The van der Waals surface area contributed by atoms with E-state index in [9.17, 15) is 18.0 Å². The lowest BCUT2D eigenvalue weighted by Gasteiger charge is -2.07. The van der Waals surface area contributed by atoms with Gasteiger partial charge in [0.2, 0.25) is 0 Å². The Morgan fingerprint density at radius 3 is 2.38 bits per heavy atom. The second-order valence-corrected chi connectivity index (χ2v) is 4.88. The van der Waals surface area contributed by atoms with Gasteiger partial charge in [0.15, 0.2) is 23.3 Å². The van der Waals surface area contributed by atoms with Crippen LogP contribution in [0.2, 0.25) is 0 Å². The number of tetrazole rings is 1. The standard InChI is InChI=1S/C15H10F3N5O/c1-23-14(20-21-22-23)8-2-4-9(5-3-8)19-15(24)10-6-7-11(16)13(18)12(10)17/h2-7H,1H3,(H,19,24). The summed E-state index contributed by atoms with van der Waals surface area (Å²) < 4.78 is 41.2. The Bertz CT molecular complexity index is 908. The molecule has 0 unspecified atom stereocenters. The summed E-state index contributed by atoms with van der Waals surface area (Å²) in [5.74, 6) is -4.94. The Labute approximate surface area is 133 Å². The van der Waals surface area contributed by atoms with E-state index in [1.807, 2.05) is 0 Å². The minimum Gasteiger partial charge on any atom is -0.322 e. The highest BCUT2D eigenvalue weighted by atomic mass is 19.2. The lowest BCUT2D eigenvalue weighted by molar-refractivity contribution is 0.102. The largest absolute Gasteiger partial charge is 0.322 e. The van der Waals surface area contributed by atoms with Crippen molar-refractivity contribution < 1.29 is 18.0 Å². The molecule has 2 aromatic carbocycles. The first-order valence-electron chi connectivity index (χ1n) is 6.75. The van der Waals surface area contributed by atoms with E-state index >= 15 is 0 Å². The van der Waals surface area contributed by atoms with Crippen molar-refractivity contribution in [3.63, 3.8) is 0 Å². The van der Waals surface area contributed by atoms with E-state index in [0.717, 1.165) is 6.07 Å². The van der Waals surface area contributed by atoms with Crippen LogP contribution in [-0.4, -0.2) is 26.1 Å². The maximum Gasteiger partial charge on any atom is 0.258 e. The van der Waals surface area contributed by atoms with Gasteiger partial charge < -0.3 is 5.32 Å². The number of amides is 1. The van der Waals surface area contributed by atoms with E-state index in [2.05, 4.69) is 20.8 Å². The molecule has 0 bridgehead atoms. The van der Waals surface area contributed by atoms with Crippen molar-refractivity contribution in [3.8, 4) is 11.4 Å². The van der Waals surface area contributed by atoms with Crippen LogP contribution >= 0.6 is 0 Å². The molecule has 1 N–H and O–H groups in total. The smallest absolute Gasteiger partial charge is 0.258 e. The molecule has 0 aliphatic carbocycles. The second kappa shape index (κ2) is 6.11. The fourth-order valence-corrected chi connectivity index (χ4v) is 2.08. The van der Waals surface area contributed by atoms with Crippen molar-refractivity contribution in [2.45, 2.75) is 0 Å². The van der Waals surface area contributed by atoms with Crippen LogP contribution in [0.15, 0.2) is 36.4 Å². The first kappa shape index (κ1) is 15.7. The summed E-state index contributed by atoms with van der Waals surface area (Å²) in [4.78, 5) is 12.0. The number of carbonyl (C=O) groups is 1. The third kappa shape index (κ3) is 2.83. The van der Waals surface area contributed by atoms with E-state index in [-0.39, 0.29) is 0 Å². The van der Waals surface area contributed by atoms with Crippen LogP contribution < -0.4 is 5.32 Å².